The van der Waals surface area contributed by atoms with E-state index in [9.17, 15) is 14.4 Å². The molecular formula is C24H28N4O4. The van der Waals surface area contributed by atoms with Gasteiger partial charge < -0.3 is 20.3 Å². The van der Waals surface area contributed by atoms with Gasteiger partial charge in [0.25, 0.3) is 5.91 Å². The highest BCUT2D eigenvalue weighted by Gasteiger charge is 2.41. The Kier molecular flexibility index (Phi) is 6.12. The molecule has 0 radical (unpaired) electrons. The van der Waals surface area contributed by atoms with Gasteiger partial charge in [0.1, 0.15) is 17.4 Å². The van der Waals surface area contributed by atoms with Crippen molar-refractivity contribution >= 4 is 17.7 Å². The van der Waals surface area contributed by atoms with Crippen LogP contribution in [0.4, 0.5) is 0 Å². The number of nitrogens with one attached hydrogen (secondary N) is 2. The Labute approximate surface area is 187 Å². The van der Waals surface area contributed by atoms with Crippen molar-refractivity contribution in [3.05, 3.63) is 59.4 Å². The number of carbonyl (C=O) groups excluding carboxylic acids is 3. The molecule has 1 fully saturated rings. The third-order valence-corrected chi connectivity index (χ3v) is 6.26. The summed E-state index contributed by atoms with van der Waals surface area (Å²) in [4.78, 5) is 43.8. The summed E-state index contributed by atoms with van der Waals surface area (Å²) < 4.78 is 6.36. The summed E-state index contributed by atoms with van der Waals surface area (Å²) in [5.74, 6) is 0.0743. The number of rotatable bonds is 4. The molecule has 2 atom stereocenters. The van der Waals surface area contributed by atoms with Crippen LogP contribution >= 0.6 is 0 Å². The summed E-state index contributed by atoms with van der Waals surface area (Å²) in [6.07, 6.45) is 4.59. The van der Waals surface area contributed by atoms with E-state index in [2.05, 4.69) is 15.6 Å². The number of likely N-dealkylation sites (tertiary alicyclic amines) is 1. The third kappa shape index (κ3) is 4.59. The third-order valence-electron chi connectivity index (χ3n) is 6.26. The van der Waals surface area contributed by atoms with Crippen LogP contribution in [0.2, 0.25) is 0 Å². The second-order valence-corrected chi connectivity index (χ2v) is 8.55. The molecule has 0 bridgehead atoms. The van der Waals surface area contributed by atoms with Gasteiger partial charge in [-0.3, -0.25) is 19.4 Å². The lowest BCUT2D eigenvalue weighted by molar-refractivity contribution is -0.139. The summed E-state index contributed by atoms with van der Waals surface area (Å²) in [5.41, 5.74) is 1.75. The number of amides is 3. The molecule has 0 unspecified atom stereocenters. The van der Waals surface area contributed by atoms with Crippen molar-refractivity contribution in [2.75, 3.05) is 13.1 Å². The fourth-order valence-electron chi connectivity index (χ4n) is 4.24. The van der Waals surface area contributed by atoms with Crippen LogP contribution < -0.4 is 15.4 Å². The number of nitrogens with zero attached hydrogens (tertiary/aromatic N) is 2. The minimum Gasteiger partial charge on any atom is -0.485 e. The van der Waals surface area contributed by atoms with Crippen molar-refractivity contribution in [3.8, 4) is 5.75 Å². The van der Waals surface area contributed by atoms with Crippen molar-refractivity contribution in [1.82, 2.24) is 20.5 Å². The highest BCUT2D eigenvalue weighted by Crippen LogP contribution is 2.34. The largest absolute Gasteiger partial charge is 0.485 e. The Bertz CT molecular complexity index is 1030. The van der Waals surface area contributed by atoms with E-state index in [1.54, 1.807) is 24.2 Å². The number of benzene rings is 1. The summed E-state index contributed by atoms with van der Waals surface area (Å²) in [7, 11) is 0. The van der Waals surface area contributed by atoms with E-state index in [1.165, 1.54) is 0 Å². The van der Waals surface area contributed by atoms with Crippen LogP contribution in [0.15, 0.2) is 42.7 Å². The van der Waals surface area contributed by atoms with E-state index in [0.29, 0.717) is 43.8 Å². The number of carbonyl (C=O) groups is 3. The molecule has 1 aromatic heterocycles. The Morgan fingerprint density at radius 1 is 1.25 bits per heavy atom. The summed E-state index contributed by atoms with van der Waals surface area (Å²) in [5, 5.41) is 5.85. The Balaban J connectivity index is 1.45. The van der Waals surface area contributed by atoms with Crippen molar-refractivity contribution in [2.24, 2.45) is 0 Å². The van der Waals surface area contributed by atoms with Crippen LogP contribution in [0.1, 0.15) is 47.7 Å². The predicted octanol–water partition coefficient (Wildman–Crippen LogP) is 1.97. The first-order valence-electron chi connectivity index (χ1n) is 10.9. The molecule has 2 aliphatic rings. The number of aromatic nitrogens is 1. The van der Waals surface area contributed by atoms with Gasteiger partial charge in [0, 0.05) is 38.3 Å². The van der Waals surface area contributed by atoms with Gasteiger partial charge in [-0.1, -0.05) is 11.6 Å². The van der Waals surface area contributed by atoms with Crippen LogP contribution in [0.5, 0.6) is 5.75 Å². The highest BCUT2D eigenvalue weighted by atomic mass is 16.5. The van der Waals surface area contributed by atoms with Crippen molar-refractivity contribution < 1.29 is 19.1 Å². The average Bonchev–Trinajstić information content (AvgIpc) is 3.04. The highest BCUT2D eigenvalue weighted by molar-refractivity contribution is 5.97. The number of aryl methyl sites for hydroxylation is 1. The second kappa shape index (κ2) is 8.98. The number of hydrogen-bond acceptors (Lipinski definition) is 5. The summed E-state index contributed by atoms with van der Waals surface area (Å²) in [6.45, 7) is 4.75. The van der Waals surface area contributed by atoms with E-state index in [1.807, 2.05) is 37.3 Å². The summed E-state index contributed by atoms with van der Waals surface area (Å²) >= 11 is 0. The molecule has 1 aromatic carbocycles. The lowest BCUT2D eigenvalue weighted by Gasteiger charge is -2.32. The fraction of sp³-hybridized carbons (Fsp3) is 0.417. The van der Waals surface area contributed by atoms with Crippen molar-refractivity contribution in [1.29, 1.82) is 0 Å². The second-order valence-electron chi connectivity index (χ2n) is 8.55. The van der Waals surface area contributed by atoms with E-state index in [4.69, 9.17) is 4.74 Å². The first-order valence-corrected chi connectivity index (χ1v) is 10.9. The number of fused-ring (bicyclic) bond motifs is 1. The maximum Gasteiger partial charge on any atom is 0.255 e. The number of hydrogen-bond donors (Lipinski definition) is 2. The molecule has 0 aliphatic carbocycles. The quantitative estimate of drug-likeness (QED) is 0.763. The molecule has 4 rings (SSSR count). The number of ether oxygens (including phenoxy) is 1. The van der Waals surface area contributed by atoms with Crippen LogP contribution in [-0.2, 0) is 16.1 Å². The molecule has 8 nitrogen and oxygen atoms in total. The Hall–Kier alpha value is -3.42. The molecule has 3 amide bonds. The first-order chi connectivity index (χ1) is 15.4. The molecule has 0 saturated carbocycles. The molecule has 168 valence electrons. The average molecular weight is 437 g/mol. The SMILES string of the molecule is Cc1ccc2c(c1)C(=O)NC[C@@]1(CCC(=O)N([C@H](C)C(=O)NCc3ccncc3)CC1)O2. The zero-order valence-corrected chi connectivity index (χ0v) is 18.4. The topological polar surface area (TPSA) is 101 Å². The predicted molar refractivity (Wildman–Crippen MR) is 118 cm³/mol. The van der Waals surface area contributed by atoms with E-state index in [-0.39, 0.29) is 24.1 Å². The summed E-state index contributed by atoms with van der Waals surface area (Å²) in [6, 6.07) is 8.61. The molecule has 1 spiro atoms. The molecular weight excluding hydrogens is 408 g/mol. The fourth-order valence-corrected chi connectivity index (χ4v) is 4.24. The maximum absolute atomic E-state index is 12.9. The van der Waals surface area contributed by atoms with Crippen LogP contribution in [-0.4, -0.2) is 52.3 Å². The Morgan fingerprint density at radius 2 is 2.03 bits per heavy atom. The molecule has 1 saturated heterocycles. The van der Waals surface area contributed by atoms with E-state index < -0.39 is 11.6 Å². The molecule has 2 N–H and O–H groups in total. The van der Waals surface area contributed by atoms with Gasteiger partial charge in [0.05, 0.1) is 12.1 Å². The molecule has 32 heavy (non-hydrogen) atoms. The van der Waals surface area contributed by atoms with Crippen LogP contribution in [0.3, 0.4) is 0 Å². The van der Waals surface area contributed by atoms with E-state index >= 15 is 0 Å². The lowest BCUT2D eigenvalue weighted by Crippen LogP contribution is -2.49. The van der Waals surface area contributed by atoms with Crippen molar-refractivity contribution in [2.45, 2.75) is 51.3 Å². The minimum absolute atomic E-state index is 0.0864. The van der Waals surface area contributed by atoms with Gasteiger partial charge >= 0.3 is 0 Å². The Morgan fingerprint density at radius 3 is 2.81 bits per heavy atom. The van der Waals surface area contributed by atoms with E-state index in [0.717, 1.165) is 11.1 Å². The minimum atomic E-state index is -0.687. The smallest absolute Gasteiger partial charge is 0.255 e. The van der Waals surface area contributed by atoms with Gasteiger partial charge in [-0.05, 0) is 50.1 Å². The monoisotopic (exact) mass is 436 g/mol. The number of pyridine rings is 1. The van der Waals surface area contributed by atoms with Crippen LogP contribution in [0, 0.1) is 6.92 Å². The maximum atomic E-state index is 12.9. The van der Waals surface area contributed by atoms with Gasteiger partial charge in [0.2, 0.25) is 11.8 Å². The zero-order chi connectivity index (χ0) is 22.7. The normalized spacial score (nSPS) is 21.6. The molecule has 2 aliphatic heterocycles. The zero-order valence-electron chi connectivity index (χ0n) is 18.4. The van der Waals surface area contributed by atoms with Gasteiger partial charge in [0.15, 0.2) is 0 Å². The van der Waals surface area contributed by atoms with Crippen molar-refractivity contribution in [3.63, 3.8) is 0 Å². The van der Waals surface area contributed by atoms with Gasteiger partial charge in [-0.15, -0.1) is 0 Å². The lowest BCUT2D eigenvalue weighted by atomic mass is 9.94. The first kappa shape index (κ1) is 21.8. The van der Waals surface area contributed by atoms with Gasteiger partial charge in [-0.25, -0.2) is 0 Å². The molecule has 3 heterocycles. The molecule has 8 heteroatoms. The van der Waals surface area contributed by atoms with Gasteiger partial charge in [-0.2, -0.15) is 0 Å². The van der Waals surface area contributed by atoms with Crippen LogP contribution in [0.25, 0.3) is 0 Å². The standard InChI is InChI=1S/C24H28N4O4/c1-16-3-4-20-19(13-16)23(31)27-15-24(32-20)8-5-21(29)28(12-9-24)17(2)22(30)26-14-18-6-10-25-11-7-18/h3-4,6-7,10-11,13,17H,5,8-9,12,14-15H2,1-2H3,(H,26,30)(H,27,31)/t17-,24+/m1/s1. The molecule has 2 aromatic rings.